The lowest BCUT2D eigenvalue weighted by molar-refractivity contribution is 0.670. The first-order chi connectivity index (χ1) is 15.8. The summed E-state index contributed by atoms with van der Waals surface area (Å²) < 4.78 is 6.19. The zero-order valence-electron chi connectivity index (χ0n) is 17.4. The molecule has 2 heteroatoms. The van der Waals surface area contributed by atoms with Gasteiger partial charge in [-0.1, -0.05) is 48.5 Å². The van der Waals surface area contributed by atoms with Crippen molar-refractivity contribution < 1.29 is 4.42 Å². The lowest BCUT2D eigenvalue weighted by Crippen LogP contribution is -1.91. The summed E-state index contributed by atoms with van der Waals surface area (Å²) in [7, 11) is 0. The maximum absolute atomic E-state index is 6.19. The zero-order chi connectivity index (χ0) is 21.3. The van der Waals surface area contributed by atoms with Crippen LogP contribution in [0.4, 0.5) is 11.4 Å². The van der Waals surface area contributed by atoms with Crippen molar-refractivity contribution >= 4 is 38.9 Å². The van der Waals surface area contributed by atoms with Gasteiger partial charge in [0.05, 0.1) is 11.6 Å². The highest BCUT2D eigenvalue weighted by Crippen LogP contribution is 2.36. The van der Waals surface area contributed by atoms with Crippen LogP contribution in [0, 0.1) is 6.08 Å². The summed E-state index contributed by atoms with van der Waals surface area (Å²) >= 11 is 0. The molecule has 0 atom stereocenters. The van der Waals surface area contributed by atoms with Gasteiger partial charge in [0, 0.05) is 45.4 Å². The standard InChI is InChI=1S/C30H20NO/c1-2-7-21(8-3-1)22-13-17-24(18-14-22)31-25-19-15-23(16-20-25)26-10-6-11-28-27-9-4-5-12-29(27)32-30(26)28/h1-2,4-20,31H/q+1. The van der Waals surface area contributed by atoms with Gasteiger partial charge in [0.25, 0.3) is 0 Å². The third-order valence-electron chi connectivity index (χ3n) is 5.81. The van der Waals surface area contributed by atoms with E-state index in [1.54, 1.807) is 0 Å². The van der Waals surface area contributed by atoms with E-state index in [9.17, 15) is 0 Å². The second-order valence-electron chi connectivity index (χ2n) is 7.85. The van der Waals surface area contributed by atoms with Crippen LogP contribution in [0.5, 0.6) is 0 Å². The molecule has 0 saturated heterocycles. The number of hydrogen-bond donors (Lipinski definition) is 1. The Bertz CT molecular complexity index is 1510. The van der Waals surface area contributed by atoms with Crippen LogP contribution < -0.4 is 5.32 Å². The zero-order valence-corrected chi connectivity index (χ0v) is 17.4. The Morgan fingerprint density at radius 2 is 1.38 bits per heavy atom. The van der Waals surface area contributed by atoms with Crippen molar-refractivity contribution in [1.82, 2.24) is 0 Å². The van der Waals surface area contributed by atoms with Gasteiger partial charge >= 0.3 is 0 Å². The van der Waals surface area contributed by atoms with Gasteiger partial charge in [0.1, 0.15) is 23.3 Å². The van der Waals surface area contributed by atoms with E-state index in [1.165, 1.54) is 11.1 Å². The number of furan rings is 1. The van der Waals surface area contributed by atoms with Gasteiger partial charge in [-0.15, -0.1) is 0 Å². The highest BCUT2D eigenvalue weighted by molar-refractivity contribution is 6.09. The molecular weight excluding hydrogens is 390 g/mol. The van der Waals surface area contributed by atoms with Crippen LogP contribution in [-0.2, 0) is 0 Å². The number of anilines is 2. The summed E-state index contributed by atoms with van der Waals surface area (Å²) in [5.41, 5.74) is 8.55. The largest absolute Gasteiger partial charge is 0.455 e. The SMILES string of the molecule is [C+]1=CC(c2ccc(Nc3ccc(-c4cccc5c4oc4ccccc45)cc3)cc2)=CC=C1. The average molecular weight is 410 g/mol. The topological polar surface area (TPSA) is 25.2 Å². The number of rotatable bonds is 4. The molecule has 4 aromatic carbocycles. The molecule has 0 spiro atoms. The number of allylic oxidation sites excluding steroid dienone is 6. The van der Waals surface area contributed by atoms with Crippen LogP contribution in [0.15, 0.2) is 120 Å². The predicted molar refractivity (Wildman–Crippen MR) is 134 cm³/mol. The van der Waals surface area contributed by atoms with Gasteiger partial charge in [0.15, 0.2) is 0 Å². The van der Waals surface area contributed by atoms with Crippen LogP contribution >= 0.6 is 0 Å². The molecule has 1 aliphatic rings. The van der Waals surface area contributed by atoms with Crippen LogP contribution in [0.25, 0.3) is 38.6 Å². The molecule has 1 heterocycles. The highest BCUT2D eigenvalue weighted by atomic mass is 16.3. The Kier molecular flexibility index (Phi) is 4.42. The number of para-hydroxylation sites is 2. The number of benzene rings is 4. The van der Waals surface area contributed by atoms with Gasteiger partial charge < -0.3 is 9.73 Å². The maximum atomic E-state index is 6.19. The fourth-order valence-corrected chi connectivity index (χ4v) is 4.19. The van der Waals surface area contributed by atoms with Crippen molar-refractivity contribution in [3.05, 3.63) is 127 Å². The van der Waals surface area contributed by atoms with Crippen molar-refractivity contribution in [2.24, 2.45) is 0 Å². The molecule has 0 radical (unpaired) electrons. The van der Waals surface area contributed by atoms with E-state index in [2.05, 4.69) is 96.3 Å². The third kappa shape index (κ3) is 3.30. The molecule has 6 rings (SSSR count). The first-order valence-electron chi connectivity index (χ1n) is 10.7. The molecule has 1 aliphatic carbocycles. The van der Waals surface area contributed by atoms with E-state index >= 15 is 0 Å². The Labute approximate surface area is 186 Å². The monoisotopic (exact) mass is 410 g/mol. The minimum absolute atomic E-state index is 0.921. The van der Waals surface area contributed by atoms with Crippen LogP contribution in [-0.4, -0.2) is 0 Å². The third-order valence-corrected chi connectivity index (χ3v) is 5.81. The molecule has 0 aliphatic heterocycles. The molecule has 0 unspecified atom stereocenters. The van der Waals surface area contributed by atoms with Gasteiger partial charge in [0.2, 0.25) is 0 Å². The lowest BCUT2D eigenvalue weighted by Gasteiger charge is -2.09. The minimum atomic E-state index is 0.921. The minimum Gasteiger partial charge on any atom is -0.455 e. The molecule has 32 heavy (non-hydrogen) atoms. The van der Waals surface area contributed by atoms with Crippen LogP contribution in [0.2, 0.25) is 0 Å². The fraction of sp³-hybridized carbons (Fsp3) is 0. The summed E-state index contributed by atoms with van der Waals surface area (Å²) in [6.07, 6.45) is 11.2. The first-order valence-corrected chi connectivity index (χ1v) is 10.7. The second kappa shape index (κ2) is 7.70. The Hall–Kier alpha value is -4.39. The molecule has 0 fully saturated rings. The van der Waals surface area contributed by atoms with E-state index in [-0.39, 0.29) is 0 Å². The molecule has 0 saturated carbocycles. The summed E-state index contributed by atoms with van der Waals surface area (Å²) in [4.78, 5) is 0. The van der Waals surface area contributed by atoms with Gasteiger partial charge in [-0.25, -0.2) is 0 Å². The molecule has 2 nitrogen and oxygen atoms in total. The summed E-state index contributed by atoms with van der Waals surface area (Å²) in [5, 5.41) is 5.79. The van der Waals surface area contributed by atoms with Crippen LogP contribution in [0.1, 0.15) is 5.56 Å². The maximum Gasteiger partial charge on any atom is 0.143 e. The molecule has 0 bridgehead atoms. The second-order valence-corrected chi connectivity index (χ2v) is 7.85. The predicted octanol–water partition coefficient (Wildman–Crippen LogP) is 8.31. The molecule has 5 aromatic rings. The summed E-state index contributed by atoms with van der Waals surface area (Å²) in [6, 6.07) is 31.5. The van der Waals surface area contributed by atoms with Crippen molar-refractivity contribution in [2.45, 2.75) is 0 Å². The quantitative estimate of drug-likeness (QED) is 0.301. The lowest BCUT2D eigenvalue weighted by atomic mass is 10.0. The van der Waals surface area contributed by atoms with E-state index in [0.29, 0.717) is 0 Å². The highest BCUT2D eigenvalue weighted by Gasteiger charge is 2.12. The van der Waals surface area contributed by atoms with Crippen molar-refractivity contribution in [3.63, 3.8) is 0 Å². The van der Waals surface area contributed by atoms with Gasteiger partial charge in [-0.05, 0) is 48.0 Å². The van der Waals surface area contributed by atoms with Crippen molar-refractivity contribution in [1.29, 1.82) is 0 Å². The molecular formula is C30H20NO+. The Balaban J connectivity index is 1.26. The van der Waals surface area contributed by atoms with Gasteiger partial charge in [-0.3, -0.25) is 0 Å². The van der Waals surface area contributed by atoms with Crippen molar-refractivity contribution in [2.75, 3.05) is 5.32 Å². The van der Waals surface area contributed by atoms with E-state index in [0.717, 1.165) is 44.4 Å². The number of nitrogens with one attached hydrogen (secondary N) is 1. The number of fused-ring (bicyclic) bond motifs is 3. The number of hydrogen-bond acceptors (Lipinski definition) is 2. The average Bonchev–Trinajstić information content (AvgIpc) is 3.25. The molecule has 1 N–H and O–H groups in total. The molecule has 1 aromatic heterocycles. The smallest absolute Gasteiger partial charge is 0.143 e. The van der Waals surface area contributed by atoms with E-state index in [4.69, 9.17) is 4.42 Å². The molecule has 0 amide bonds. The summed E-state index contributed by atoms with van der Waals surface area (Å²) in [6.45, 7) is 0. The normalized spacial score (nSPS) is 12.7. The molecule has 150 valence electrons. The Morgan fingerprint density at radius 1 is 0.656 bits per heavy atom. The van der Waals surface area contributed by atoms with Crippen LogP contribution in [0.3, 0.4) is 0 Å². The van der Waals surface area contributed by atoms with E-state index in [1.807, 2.05) is 30.4 Å². The fourth-order valence-electron chi connectivity index (χ4n) is 4.19. The van der Waals surface area contributed by atoms with Crippen molar-refractivity contribution in [3.8, 4) is 11.1 Å². The summed E-state index contributed by atoms with van der Waals surface area (Å²) in [5.74, 6) is 0. The van der Waals surface area contributed by atoms with Gasteiger partial charge in [-0.2, -0.15) is 0 Å². The first kappa shape index (κ1) is 18.4. The van der Waals surface area contributed by atoms with E-state index < -0.39 is 0 Å². The Morgan fingerprint density at radius 3 is 2.12 bits per heavy atom.